The van der Waals surface area contributed by atoms with Crippen LogP contribution in [0.4, 0.5) is 0 Å². The number of hydrogen-bond acceptors (Lipinski definition) is 7. The molecule has 1 aromatic carbocycles. The number of nitrogens with one attached hydrogen (secondary N) is 1. The summed E-state index contributed by atoms with van der Waals surface area (Å²) in [5.41, 5.74) is 1.73. The predicted octanol–water partition coefficient (Wildman–Crippen LogP) is 3.02. The average Bonchev–Trinajstić information content (AvgIpc) is 3.04. The Morgan fingerprint density at radius 1 is 1.26 bits per heavy atom. The van der Waals surface area contributed by atoms with Crippen LogP contribution in [-0.2, 0) is 20.0 Å². The van der Waals surface area contributed by atoms with Gasteiger partial charge in [-0.1, -0.05) is 0 Å². The molecule has 7 nitrogen and oxygen atoms in total. The Balaban J connectivity index is 1.85. The summed E-state index contributed by atoms with van der Waals surface area (Å²) in [6, 6.07) is 7.63. The van der Waals surface area contributed by atoms with E-state index >= 15 is 0 Å². The number of rotatable bonds is 11. The Kier molecular flexibility index (Phi) is 8.63. The Morgan fingerprint density at radius 2 is 1.96 bits per heavy atom. The lowest BCUT2D eigenvalue weighted by Gasteiger charge is -2.13. The summed E-state index contributed by atoms with van der Waals surface area (Å²) in [5.74, 6) is 2.98. The molecule has 0 aliphatic heterocycles. The number of carbonyl (C=O) groups excluding carboxylic acids is 1. The Bertz CT molecular complexity index is 713. The fourth-order valence-corrected chi connectivity index (χ4v) is 3.15. The van der Waals surface area contributed by atoms with Gasteiger partial charge in [-0.2, -0.15) is 0 Å². The maximum absolute atomic E-state index is 11.9. The fraction of sp³-hybridized carbons (Fsp3) is 0.474. The molecule has 0 bridgehead atoms. The quantitative estimate of drug-likeness (QED) is 0.587. The molecular formula is C19H26N2O5S. The third-order valence-corrected chi connectivity index (χ3v) is 4.71. The van der Waals surface area contributed by atoms with Crippen LogP contribution in [-0.4, -0.2) is 50.3 Å². The smallest absolute Gasteiger partial charge is 0.230 e. The van der Waals surface area contributed by atoms with E-state index < -0.39 is 6.29 Å². The van der Waals surface area contributed by atoms with Crippen molar-refractivity contribution in [3.63, 3.8) is 0 Å². The first-order valence-electron chi connectivity index (χ1n) is 8.67. The van der Waals surface area contributed by atoms with E-state index in [1.165, 1.54) is 26.0 Å². The Morgan fingerprint density at radius 3 is 2.59 bits per heavy atom. The number of carbonyl (C=O) groups is 1. The molecule has 0 aliphatic rings. The molecule has 1 N–H and O–H groups in total. The second-order valence-electron chi connectivity index (χ2n) is 5.68. The first-order chi connectivity index (χ1) is 13.1. The van der Waals surface area contributed by atoms with Crippen LogP contribution in [0.2, 0.25) is 0 Å². The first-order valence-corrected chi connectivity index (χ1v) is 9.82. The topological polar surface area (TPSA) is 82.8 Å². The van der Waals surface area contributed by atoms with Crippen molar-refractivity contribution in [2.45, 2.75) is 25.9 Å². The lowest BCUT2D eigenvalue weighted by atomic mass is 10.2. The van der Waals surface area contributed by atoms with Crippen LogP contribution < -0.4 is 10.1 Å². The van der Waals surface area contributed by atoms with Gasteiger partial charge in [-0.25, -0.2) is 4.98 Å². The molecule has 0 fully saturated rings. The van der Waals surface area contributed by atoms with Crippen molar-refractivity contribution in [1.29, 1.82) is 0 Å². The molecule has 2 rings (SSSR count). The van der Waals surface area contributed by atoms with E-state index in [0.29, 0.717) is 30.5 Å². The summed E-state index contributed by atoms with van der Waals surface area (Å²) in [6.07, 6.45) is -0.437. The van der Waals surface area contributed by atoms with Crippen LogP contribution in [0.5, 0.6) is 5.75 Å². The molecule has 0 saturated heterocycles. The zero-order valence-electron chi connectivity index (χ0n) is 16.1. The highest BCUT2D eigenvalue weighted by Crippen LogP contribution is 2.25. The molecule has 0 atom stereocenters. The molecular weight excluding hydrogens is 368 g/mol. The predicted molar refractivity (Wildman–Crippen MR) is 105 cm³/mol. The highest BCUT2D eigenvalue weighted by atomic mass is 32.2. The molecule has 0 spiro atoms. The Labute approximate surface area is 163 Å². The van der Waals surface area contributed by atoms with Crippen molar-refractivity contribution in [2.24, 2.45) is 0 Å². The molecule has 0 radical (unpaired) electrons. The maximum atomic E-state index is 11.9. The van der Waals surface area contributed by atoms with Crippen molar-refractivity contribution in [3.8, 4) is 17.2 Å². The van der Waals surface area contributed by atoms with Crippen LogP contribution in [0.1, 0.15) is 18.4 Å². The van der Waals surface area contributed by atoms with Gasteiger partial charge in [0.2, 0.25) is 11.8 Å². The summed E-state index contributed by atoms with van der Waals surface area (Å²) in [6.45, 7) is 4.77. The standard InChI is InChI=1S/C19H26N2O5S/c1-5-25-15-8-6-14(7-9-15)19-21-16(13(2)26-19)11-27-12-17(22)20-10-18(23-3)24-4/h6-9,18H,5,10-12H2,1-4H3,(H,20,22). The molecule has 0 unspecified atom stereocenters. The Hall–Kier alpha value is -2.03. The van der Waals surface area contributed by atoms with E-state index in [2.05, 4.69) is 10.3 Å². The summed E-state index contributed by atoms with van der Waals surface area (Å²) in [4.78, 5) is 16.4. The molecule has 1 amide bonds. The van der Waals surface area contributed by atoms with Gasteiger partial charge in [-0.15, -0.1) is 11.8 Å². The number of aryl methyl sites for hydroxylation is 1. The first kappa shape index (κ1) is 21.3. The van der Waals surface area contributed by atoms with Gasteiger partial charge in [0.25, 0.3) is 0 Å². The average molecular weight is 394 g/mol. The van der Waals surface area contributed by atoms with Gasteiger partial charge < -0.3 is 23.9 Å². The molecule has 1 heterocycles. The van der Waals surface area contributed by atoms with Gasteiger partial charge in [0.05, 0.1) is 24.6 Å². The second-order valence-corrected chi connectivity index (χ2v) is 6.66. The van der Waals surface area contributed by atoms with Gasteiger partial charge in [0.1, 0.15) is 11.5 Å². The minimum atomic E-state index is -0.437. The van der Waals surface area contributed by atoms with Gasteiger partial charge in [-0.05, 0) is 38.1 Å². The molecule has 2 aromatic rings. The molecule has 148 valence electrons. The van der Waals surface area contributed by atoms with E-state index in [4.69, 9.17) is 18.6 Å². The van der Waals surface area contributed by atoms with E-state index in [1.54, 1.807) is 0 Å². The van der Waals surface area contributed by atoms with E-state index in [9.17, 15) is 4.79 Å². The van der Waals surface area contributed by atoms with Crippen molar-refractivity contribution in [2.75, 3.05) is 33.1 Å². The molecule has 27 heavy (non-hydrogen) atoms. The van der Waals surface area contributed by atoms with E-state index in [-0.39, 0.29) is 5.91 Å². The number of oxazole rings is 1. The van der Waals surface area contributed by atoms with E-state index in [0.717, 1.165) is 22.8 Å². The zero-order chi connectivity index (χ0) is 19.6. The number of nitrogens with zero attached hydrogens (tertiary/aromatic N) is 1. The van der Waals surface area contributed by atoms with Crippen molar-refractivity contribution in [3.05, 3.63) is 35.7 Å². The van der Waals surface area contributed by atoms with Crippen molar-refractivity contribution < 1.29 is 23.4 Å². The monoisotopic (exact) mass is 394 g/mol. The minimum absolute atomic E-state index is 0.0769. The molecule has 1 aromatic heterocycles. The van der Waals surface area contributed by atoms with Gasteiger partial charge in [0.15, 0.2) is 6.29 Å². The van der Waals surface area contributed by atoms with Crippen LogP contribution in [0.3, 0.4) is 0 Å². The number of methoxy groups -OCH3 is 2. The SMILES string of the molecule is CCOc1ccc(-c2nc(CSCC(=O)NCC(OC)OC)c(C)o2)cc1. The summed E-state index contributed by atoms with van der Waals surface area (Å²) in [7, 11) is 3.06. The molecule has 8 heteroatoms. The van der Waals surface area contributed by atoms with Crippen LogP contribution in [0.25, 0.3) is 11.5 Å². The second kappa shape index (κ2) is 11.0. The number of hydrogen-bond donors (Lipinski definition) is 1. The highest BCUT2D eigenvalue weighted by Gasteiger charge is 2.13. The number of thioether (sulfide) groups is 1. The van der Waals surface area contributed by atoms with Crippen LogP contribution in [0, 0.1) is 6.92 Å². The zero-order valence-corrected chi connectivity index (χ0v) is 16.9. The van der Waals surface area contributed by atoms with Crippen molar-refractivity contribution in [1.82, 2.24) is 10.3 Å². The minimum Gasteiger partial charge on any atom is -0.494 e. The number of benzene rings is 1. The summed E-state index contributed by atoms with van der Waals surface area (Å²) >= 11 is 1.48. The number of ether oxygens (including phenoxy) is 3. The van der Waals surface area contributed by atoms with Crippen LogP contribution in [0.15, 0.2) is 28.7 Å². The third kappa shape index (κ3) is 6.57. The largest absolute Gasteiger partial charge is 0.494 e. The third-order valence-electron chi connectivity index (χ3n) is 3.77. The summed E-state index contributed by atoms with van der Waals surface area (Å²) in [5, 5.41) is 2.77. The molecule has 0 aliphatic carbocycles. The van der Waals surface area contributed by atoms with E-state index in [1.807, 2.05) is 38.1 Å². The number of amides is 1. The lowest BCUT2D eigenvalue weighted by Crippen LogP contribution is -2.35. The maximum Gasteiger partial charge on any atom is 0.230 e. The number of aromatic nitrogens is 1. The molecule has 0 saturated carbocycles. The lowest BCUT2D eigenvalue weighted by molar-refractivity contribution is -0.125. The van der Waals surface area contributed by atoms with Gasteiger partial charge >= 0.3 is 0 Å². The van der Waals surface area contributed by atoms with Gasteiger partial charge in [-0.3, -0.25) is 4.79 Å². The van der Waals surface area contributed by atoms with Gasteiger partial charge in [0, 0.05) is 25.5 Å². The van der Waals surface area contributed by atoms with Crippen LogP contribution >= 0.6 is 11.8 Å². The van der Waals surface area contributed by atoms with Crippen molar-refractivity contribution >= 4 is 17.7 Å². The normalized spacial score (nSPS) is 11.0. The fourth-order valence-electron chi connectivity index (χ4n) is 2.30. The summed E-state index contributed by atoms with van der Waals surface area (Å²) < 4.78 is 21.3. The highest BCUT2D eigenvalue weighted by molar-refractivity contribution is 7.99.